The van der Waals surface area contributed by atoms with Crippen molar-refractivity contribution in [1.82, 2.24) is 10.6 Å². The molecule has 0 saturated carbocycles. The van der Waals surface area contributed by atoms with E-state index >= 15 is 0 Å². The Labute approximate surface area is 113 Å². The number of amides is 1. The Bertz CT molecular complexity index is 443. The average Bonchev–Trinajstić information content (AvgIpc) is 2.36. The van der Waals surface area contributed by atoms with E-state index in [-0.39, 0.29) is 5.91 Å². The Morgan fingerprint density at radius 2 is 1.84 bits per heavy atom. The van der Waals surface area contributed by atoms with E-state index in [0.29, 0.717) is 12.1 Å². The lowest BCUT2D eigenvalue weighted by Gasteiger charge is -2.26. The number of likely N-dealkylation sites (N-methyl/N-ethyl adjacent to an activating group) is 1. The zero-order chi connectivity index (χ0) is 14.5. The number of carboxylic acid groups (broad SMARTS) is 1. The highest BCUT2D eigenvalue weighted by atomic mass is 16.4. The number of benzene rings is 1. The number of rotatable bonds is 6. The van der Waals surface area contributed by atoms with Gasteiger partial charge >= 0.3 is 5.97 Å². The molecular formula is C14H20N2O3. The Morgan fingerprint density at radius 3 is 2.32 bits per heavy atom. The molecule has 1 aromatic rings. The molecule has 1 aromatic carbocycles. The van der Waals surface area contributed by atoms with Gasteiger partial charge in [0.15, 0.2) is 6.04 Å². The second kappa shape index (κ2) is 6.33. The SMILES string of the molecule is CCNC(C)(C)C(=O)NC(C(=O)O)c1ccccc1. The lowest BCUT2D eigenvalue weighted by molar-refractivity contribution is -0.143. The average molecular weight is 264 g/mol. The Kier molecular flexibility index (Phi) is 5.06. The maximum absolute atomic E-state index is 12.1. The monoisotopic (exact) mass is 264 g/mol. The maximum atomic E-state index is 12.1. The molecule has 104 valence electrons. The van der Waals surface area contributed by atoms with E-state index in [1.165, 1.54) is 0 Å². The summed E-state index contributed by atoms with van der Waals surface area (Å²) in [5.41, 5.74) is -0.257. The third kappa shape index (κ3) is 4.06. The molecule has 0 aromatic heterocycles. The molecular weight excluding hydrogens is 244 g/mol. The van der Waals surface area contributed by atoms with Crippen LogP contribution in [0.3, 0.4) is 0 Å². The smallest absolute Gasteiger partial charge is 0.330 e. The number of aliphatic carboxylic acids is 1. The number of hydrogen-bond acceptors (Lipinski definition) is 3. The molecule has 5 nitrogen and oxygen atoms in total. The first-order valence-corrected chi connectivity index (χ1v) is 6.22. The van der Waals surface area contributed by atoms with Crippen LogP contribution in [0.25, 0.3) is 0 Å². The van der Waals surface area contributed by atoms with Crippen molar-refractivity contribution in [3.05, 3.63) is 35.9 Å². The van der Waals surface area contributed by atoms with Gasteiger partial charge in [0, 0.05) is 0 Å². The number of nitrogens with one attached hydrogen (secondary N) is 2. The molecule has 0 bridgehead atoms. The summed E-state index contributed by atoms with van der Waals surface area (Å²) >= 11 is 0. The standard InChI is InChI=1S/C14H20N2O3/c1-4-15-14(2,3)13(19)16-11(12(17)18)10-8-6-5-7-9-10/h5-9,11,15H,4H2,1-3H3,(H,16,19)(H,17,18). The Balaban J connectivity index is 2.87. The van der Waals surface area contributed by atoms with Crippen LogP contribution in [0.15, 0.2) is 30.3 Å². The lowest BCUT2D eigenvalue weighted by Crippen LogP contribution is -2.54. The highest BCUT2D eigenvalue weighted by Gasteiger charge is 2.31. The minimum atomic E-state index is -1.08. The van der Waals surface area contributed by atoms with Gasteiger partial charge in [-0.1, -0.05) is 37.3 Å². The highest BCUT2D eigenvalue weighted by molar-refractivity contribution is 5.90. The van der Waals surface area contributed by atoms with Crippen LogP contribution in [0.2, 0.25) is 0 Å². The molecule has 1 amide bonds. The summed E-state index contributed by atoms with van der Waals surface area (Å²) < 4.78 is 0. The summed E-state index contributed by atoms with van der Waals surface area (Å²) in [6.45, 7) is 5.95. The maximum Gasteiger partial charge on any atom is 0.330 e. The van der Waals surface area contributed by atoms with Crippen molar-refractivity contribution in [3.8, 4) is 0 Å². The quantitative estimate of drug-likeness (QED) is 0.724. The molecule has 3 N–H and O–H groups in total. The van der Waals surface area contributed by atoms with E-state index in [1.54, 1.807) is 44.2 Å². The van der Waals surface area contributed by atoms with E-state index < -0.39 is 17.6 Å². The molecule has 1 unspecified atom stereocenters. The molecule has 0 saturated heterocycles. The molecule has 19 heavy (non-hydrogen) atoms. The van der Waals surface area contributed by atoms with Crippen molar-refractivity contribution in [2.24, 2.45) is 0 Å². The Hall–Kier alpha value is -1.88. The van der Waals surface area contributed by atoms with Crippen LogP contribution in [0.1, 0.15) is 32.4 Å². The van der Waals surface area contributed by atoms with Gasteiger partial charge in [0.1, 0.15) is 0 Å². The van der Waals surface area contributed by atoms with Gasteiger partial charge in [-0.25, -0.2) is 4.79 Å². The van der Waals surface area contributed by atoms with Crippen LogP contribution in [0, 0.1) is 0 Å². The number of hydrogen-bond donors (Lipinski definition) is 3. The van der Waals surface area contributed by atoms with Crippen molar-refractivity contribution in [3.63, 3.8) is 0 Å². The number of carbonyl (C=O) groups is 2. The van der Waals surface area contributed by atoms with Crippen LogP contribution in [0.5, 0.6) is 0 Å². The predicted octanol–water partition coefficient (Wildman–Crippen LogP) is 1.32. The molecule has 0 spiro atoms. The molecule has 0 heterocycles. The summed E-state index contributed by atoms with van der Waals surface area (Å²) in [7, 11) is 0. The molecule has 0 radical (unpaired) electrons. The summed E-state index contributed by atoms with van der Waals surface area (Å²) in [5, 5.41) is 14.8. The summed E-state index contributed by atoms with van der Waals surface area (Å²) in [6.07, 6.45) is 0. The zero-order valence-corrected chi connectivity index (χ0v) is 11.4. The normalized spacial score (nSPS) is 12.8. The molecule has 0 aliphatic carbocycles. The van der Waals surface area contributed by atoms with Crippen LogP contribution in [0.4, 0.5) is 0 Å². The second-order valence-electron chi connectivity index (χ2n) is 4.81. The van der Waals surface area contributed by atoms with Crippen molar-refractivity contribution < 1.29 is 14.7 Å². The zero-order valence-electron chi connectivity index (χ0n) is 11.4. The molecule has 1 rings (SSSR count). The first kappa shape index (κ1) is 15.2. The van der Waals surface area contributed by atoms with Crippen molar-refractivity contribution >= 4 is 11.9 Å². The third-order valence-electron chi connectivity index (χ3n) is 2.84. The van der Waals surface area contributed by atoms with Crippen LogP contribution in [-0.4, -0.2) is 29.1 Å². The third-order valence-corrected chi connectivity index (χ3v) is 2.84. The van der Waals surface area contributed by atoms with Gasteiger partial charge < -0.3 is 15.7 Å². The highest BCUT2D eigenvalue weighted by Crippen LogP contribution is 2.14. The summed E-state index contributed by atoms with van der Waals surface area (Å²) in [5.74, 6) is -1.42. The molecule has 5 heteroatoms. The van der Waals surface area contributed by atoms with Gasteiger partial charge in [0.25, 0.3) is 0 Å². The van der Waals surface area contributed by atoms with Gasteiger partial charge in [0.05, 0.1) is 5.54 Å². The minimum absolute atomic E-state index is 0.342. The van der Waals surface area contributed by atoms with E-state index in [1.807, 2.05) is 6.92 Å². The number of carbonyl (C=O) groups excluding carboxylic acids is 1. The first-order valence-electron chi connectivity index (χ1n) is 6.22. The van der Waals surface area contributed by atoms with Crippen molar-refractivity contribution in [2.75, 3.05) is 6.54 Å². The largest absolute Gasteiger partial charge is 0.479 e. The molecule has 0 aliphatic heterocycles. The van der Waals surface area contributed by atoms with Gasteiger partial charge in [-0.15, -0.1) is 0 Å². The van der Waals surface area contributed by atoms with Crippen LogP contribution >= 0.6 is 0 Å². The first-order chi connectivity index (χ1) is 8.88. The van der Waals surface area contributed by atoms with E-state index in [9.17, 15) is 14.7 Å². The lowest BCUT2D eigenvalue weighted by atomic mass is 10.0. The second-order valence-corrected chi connectivity index (χ2v) is 4.81. The molecule has 1 atom stereocenters. The van der Waals surface area contributed by atoms with Gasteiger partial charge in [0.2, 0.25) is 5.91 Å². The number of carboxylic acids is 1. The molecule has 0 fully saturated rings. The minimum Gasteiger partial charge on any atom is -0.479 e. The summed E-state index contributed by atoms with van der Waals surface area (Å²) in [4.78, 5) is 23.4. The van der Waals surface area contributed by atoms with Gasteiger partial charge in [-0.2, -0.15) is 0 Å². The van der Waals surface area contributed by atoms with Gasteiger partial charge in [-0.3, -0.25) is 4.79 Å². The Morgan fingerprint density at radius 1 is 1.26 bits per heavy atom. The van der Waals surface area contributed by atoms with E-state index in [0.717, 1.165) is 0 Å². The predicted molar refractivity (Wildman–Crippen MR) is 72.7 cm³/mol. The van der Waals surface area contributed by atoms with Crippen LogP contribution in [-0.2, 0) is 9.59 Å². The van der Waals surface area contributed by atoms with Gasteiger partial charge in [-0.05, 0) is 26.0 Å². The van der Waals surface area contributed by atoms with E-state index in [2.05, 4.69) is 10.6 Å². The van der Waals surface area contributed by atoms with Crippen LogP contribution < -0.4 is 10.6 Å². The fourth-order valence-corrected chi connectivity index (χ4v) is 1.77. The van der Waals surface area contributed by atoms with E-state index in [4.69, 9.17) is 0 Å². The fourth-order valence-electron chi connectivity index (χ4n) is 1.77. The van der Waals surface area contributed by atoms with Crippen molar-refractivity contribution in [1.29, 1.82) is 0 Å². The molecule has 0 aliphatic rings. The fraction of sp³-hybridized carbons (Fsp3) is 0.429. The topological polar surface area (TPSA) is 78.4 Å². The summed E-state index contributed by atoms with van der Waals surface area (Å²) in [6, 6.07) is 7.61. The van der Waals surface area contributed by atoms with Crippen molar-refractivity contribution in [2.45, 2.75) is 32.4 Å².